The Kier molecular flexibility index (Phi) is 4.32. The summed E-state index contributed by atoms with van der Waals surface area (Å²) in [5.74, 6) is 0. The molecule has 0 aliphatic rings. The average Bonchev–Trinajstić information content (AvgIpc) is 2.74. The molecule has 5 heteroatoms. The largest absolute Gasteiger partial charge is 0.329 e. The SMILES string of the molecule is CNC(C)c1ccc(Sc2nccn2C)cc1Cl. The van der Waals surface area contributed by atoms with E-state index in [2.05, 4.69) is 29.4 Å². The molecule has 0 aliphatic heterocycles. The Morgan fingerprint density at radius 2 is 2.22 bits per heavy atom. The van der Waals surface area contributed by atoms with Crippen LogP contribution in [0.5, 0.6) is 0 Å². The maximum atomic E-state index is 6.30. The summed E-state index contributed by atoms with van der Waals surface area (Å²) in [5, 5.41) is 4.94. The van der Waals surface area contributed by atoms with Gasteiger partial charge in [0.25, 0.3) is 0 Å². The predicted molar refractivity (Wildman–Crippen MR) is 76.3 cm³/mol. The Morgan fingerprint density at radius 3 is 2.78 bits per heavy atom. The zero-order valence-electron chi connectivity index (χ0n) is 10.6. The summed E-state index contributed by atoms with van der Waals surface area (Å²) in [6.45, 7) is 2.09. The van der Waals surface area contributed by atoms with Crippen LogP contribution >= 0.6 is 23.4 Å². The normalized spacial score (nSPS) is 12.7. The van der Waals surface area contributed by atoms with E-state index in [1.165, 1.54) is 0 Å². The van der Waals surface area contributed by atoms with Crippen LogP contribution in [0.1, 0.15) is 18.5 Å². The lowest BCUT2D eigenvalue weighted by Crippen LogP contribution is -2.12. The van der Waals surface area contributed by atoms with Crippen molar-refractivity contribution in [3.05, 3.63) is 41.2 Å². The number of aromatic nitrogens is 2. The van der Waals surface area contributed by atoms with E-state index in [9.17, 15) is 0 Å². The number of imidazole rings is 1. The van der Waals surface area contributed by atoms with Crippen LogP contribution in [0.2, 0.25) is 5.02 Å². The number of halogens is 1. The second-order valence-electron chi connectivity index (χ2n) is 4.12. The molecule has 1 unspecified atom stereocenters. The van der Waals surface area contributed by atoms with E-state index in [0.29, 0.717) is 0 Å². The van der Waals surface area contributed by atoms with Gasteiger partial charge < -0.3 is 9.88 Å². The van der Waals surface area contributed by atoms with Gasteiger partial charge in [0, 0.05) is 35.4 Å². The molecule has 18 heavy (non-hydrogen) atoms. The summed E-state index contributed by atoms with van der Waals surface area (Å²) in [6.07, 6.45) is 3.72. The van der Waals surface area contributed by atoms with Crippen molar-refractivity contribution in [2.75, 3.05) is 7.05 Å². The molecule has 2 rings (SSSR count). The molecule has 0 saturated carbocycles. The van der Waals surface area contributed by atoms with Crippen molar-refractivity contribution in [3.8, 4) is 0 Å². The molecular formula is C13H16ClN3S. The van der Waals surface area contributed by atoms with Crippen LogP contribution in [0.3, 0.4) is 0 Å². The first-order valence-electron chi connectivity index (χ1n) is 5.73. The number of hydrogen-bond donors (Lipinski definition) is 1. The first-order valence-corrected chi connectivity index (χ1v) is 6.93. The van der Waals surface area contributed by atoms with Gasteiger partial charge in [-0.1, -0.05) is 29.4 Å². The van der Waals surface area contributed by atoms with E-state index in [1.807, 2.05) is 30.9 Å². The van der Waals surface area contributed by atoms with Gasteiger partial charge >= 0.3 is 0 Å². The Balaban J connectivity index is 2.21. The van der Waals surface area contributed by atoms with Crippen molar-refractivity contribution in [1.29, 1.82) is 0 Å². The van der Waals surface area contributed by atoms with Gasteiger partial charge in [0.15, 0.2) is 5.16 Å². The monoisotopic (exact) mass is 281 g/mol. The second-order valence-corrected chi connectivity index (χ2v) is 5.56. The van der Waals surface area contributed by atoms with Gasteiger partial charge in [-0.15, -0.1) is 0 Å². The van der Waals surface area contributed by atoms with E-state index in [1.54, 1.807) is 18.0 Å². The van der Waals surface area contributed by atoms with Crippen molar-refractivity contribution >= 4 is 23.4 Å². The van der Waals surface area contributed by atoms with Crippen molar-refractivity contribution < 1.29 is 0 Å². The number of hydrogen-bond acceptors (Lipinski definition) is 3. The Labute approximate surface area is 117 Å². The quantitative estimate of drug-likeness (QED) is 0.930. The predicted octanol–water partition coefficient (Wildman–Crippen LogP) is 3.51. The number of nitrogens with one attached hydrogen (secondary N) is 1. The fraction of sp³-hybridized carbons (Fsp3) is 0.308. The highest BCUT2D eigenvalue weighted by Gasteiger charge is 2.09. The van der Waals surface area contributed by atoms with Crippen LogP contribution in [-0.4, -0.2) is 16.6 Å². The first-order chi connectivity index (χ1) is 8.61. The first kappa shape index (κ1) is 13.5. The molecule has 1 heterocycles. The lowest BCUT2D eigenvalue weighted by atomic mass is 10.1. The average molecular weight is 282 g/mol. The minimum atomic E-state index is 0.254. The molecule has 3 nitrogen and oxygen atoms in total. The molecule has 0 radical (unpaired) electrons. The summed E-state index contributed by atoms with van der Waals surface area (Å²) in [5.41, 5.74) is 1.11. The molecule has 1 atom stereocenters. The second kappa shape index (κ2) is 5.78. The van der Waals surface area contributed by atoms with Gasteiger partial charge in [0.05, 0.1) is 0 Å². The van der Waals surface area contributed by atoms with Gasteiger partial charge in [-0.05, 0) is 31.7 Å². The van der Waals surface area contributed by atoms with E-state index >= 15 is 0 Å². The van der Waals surface area contributed by atoms with E-state index in [4.69, 9.17) is 11.6 Å². The maximum absolute atomic E-state index is 6.30. The standard InChI is InChI=1S/C13H16ClN3S/c1-9(15-2)11-5-4-10(8-12(11)14)18-13-16-6-7-17(13)3/h4-9,15H,1-3H3. The van der Waals surface area contributed by atoms with Crippen LogP contribution in [0.25, 0.3) is 0 Å². The highest BCUT2D eigenvalue weighted by molar-refractivity contribution is 7.99. The molecule has 0 fully saturated rings. The smallest absolute Gasteiger partial charge is 0.172 e. The van der Waals surface area contributed by atoms with Crippen molar-refractivity contribution in [1.82, 2.24) is 14.9 Å². The molecule has 1 aromatic heterocycles. The topological polar surface area (TPSA) is 29.9 Å². The van der Waals surface area contributed by atoms with E-state index in [0.717, 1.165) is 20.6 Å². The highest BCUT2D eigenvalue weighted by atomic mass is 35.5. The fourth-order valence-corrected chi connectivity index (χ4v) is 2.88. The highest BCUT2D eigenvalue weighted by Crippen LogP contribution is 2.31. The molecule has 0 aliphatic carbocycles. The molecule has 1 aromatic carbocycles. The zero-order chi connectivity index (χ0) is 13.1. The van der Waals surface area contributed by atoms with Crippen molar-refractivity contribution in [3.63, 3.8) is 0 Å². The number of aryl methyl sites for hydroxylation is 1. The van der Waals surface area contributed by atoms with Crippen LogP contribution in [0.15, 0.2) is 40.6 Å². The van der Waals surface area contributed by atoms with Gasteiger partial charge in [-0.2, -0.15) is 0 Å². The Hall–Kier alpha value is -0.970. The third-order valence-corrected chi connectivity index (χ3v) is 4.25. The molecule has 0 bridgehead atoms. The summed E-state index contributed by atoms with van der Waals surface area (Å²) in [7, 11) is 3.91. The molecule has 0 spiro atoms. The minimum absolute atomic E-state index is 0.254. The van der Waals surface area contributed by atoms with Gasteiger partial charge in [0.1, 0.15) is 0 Å². The maximum Gasteiger partial charge on any atom is 0.172 e. The lowest BCUT2D eigenvalue weighted by molar-refractivity contribution is 0.652. The molecule has 0 amide bonds. The summed E-state index contributed by atoms with van der Waals surface area (Å²) in [6, 6.07) is 6.39. The molecule has 96 valence electrons. The Bertz CT molecular complexity index is 539. The zero-order valence-corrected chi connectivity index (χ0v) is 12.2. The van der Waals surface area contributed by atoms with E-state index in [-0.39, 0.29) is 6.04 Å². The van der Waals surface area contributed by atoms with Gasteiger partial charge in [0.2, 0.25) is 0 Å². The van der Waals surface area contributed by atoms with Crippen LogP contribution < -0.4 is 5.32 Å². The third kappa shape index (κ3) is 2.88. The molecular weight excluding hydrogens is 266 g/mol. The molecule has 1 N–H and O–H groups in total. The van der Waals surface area contributed by atoms with Crippen LogP contribution in [0, 0.1) is 0 Å². The van der Waals surface area contributed by atoms with Crippen LogP contribution in [0.4, 0.5) is 0 Å². The molecule has 2 aromatic rings. The van der Waals surface area contributed by atoms with Gasteiger partial charge in [-0.3, -0.25) is 0 Å². The van der Waals surface area contributed by atoms with Crippen molar-refractivity contribution in [2.24, 2.45) is 7.05 Å². The number of nitrogens with zero attached hydrogens (tertiary/aromatic N) is 2. The van der Waals surface area contributed by atoms with Crippen LogP contribution in [-0.2, 0) is 7.05 Å². The van der Waals surface area contributed by atoms with Gasteiger partial charge in [-0.25, -0.2) is 4.98 Å². The summed E-state index contributed by atoms with van der Waals surface area (Å²) < 4.78 is 1.99. The lowest BCUT2D eigenvalue weighted by Gasteiger charge is -2.13. The van der Waals surface area contributed by atoms with Crippen molar-refractivity contribution in [2.45, 2.75) is 23.0 Å². The Morgan fingerprint density at radius 1 is 1.44 bits per heavy atom. The van der Waals surface area contributed by atoms with E-state index < -0.39 is 0 Å². The fourth-order valence-electron chi connectivity index (χ4n) is 1.63. The summed E-state index contributed by atoms with van der Waals surface area (Å²) >= 11 is 7.91. The third-order valence-electron chi connectivity index (χ3n) is 2.86. The molecule has 0 saturated heterocycles. The minimum Gasteiger partial charge on any atom is -0.329 e. The number of rotatable bonds is 4. The number of benzene rings is 1. The summed E-state index contributed by atoms with van der Waals surface area (Å²) in [4.78, 5) is 5.38.